The van der Waals surface area contributed by atoms with Gasteiger partial charge in [0, 0.05) is 44.8 Å². The molecule has 1 atom stereocenters. The number of nitrogens with one attached hydrogen (secondary N) is 1. The maximum absolute atomic E-state index is 13.3. The number of nitrogens with zero attached hydrogens (tertiary/aromatic N) is 4. The summed E-state index contributed by atoms with van der Waals surface area (Å²) in [6.07, 6.45) is 1.63. The molecule has 204 valence electrons. The molecule has 3 fully saturated rings. The second kappa shape index (κ2) is 9.37. The Morgan fingerprint density at radius 3 is 2.50 bits per heavy atom. The number of sulfonamides is 1. The number of pyridine rings is 1. The molecule has 1 N–H and O–H groups in total. The lowest BCUT2D eigenvalue weighted by Gasteiger charge is -2.53. The molecule has 1 aromatic heterocycles. The Morgan fingerprint density at radius 2 is 1.84 bits per heavy atom. The fraction of sp³-hybridized carbons (Fsp3) is 0.538. The summed E-state index contributed by atoms with van der Waals surface area (Å²) in [4.78, 5) is 21.9. The molecular formula is C26H33N5O6S. The number of rotatable bonds is 6. The van der Waals surface area contributed by atoms with Crippen LogP contribution in [0.25, 0.3) is 0 Å². The van der Waals surface area contributed by atoms with E-state index < -0.39 is 10.0 Å². The average Bonchev–Trinajstić information content (AvgIpc) is 2.86. The van der Waals surface area contributed by atoms with Crippen LogP contribution in [-0.2, 0) is 24.3 Å². The lowest BCUT2D eigenvalue weighted by Crippen LogP contribution is -2.66. The zero-order valence-corrected chi connectivity index (χ0v) is 22.7. The zero-order valence-electron chi connectivity index (χ0n) is 21.8. The Balaban J connectivity index is 1.31. The third-order valence-electron chi connectivity index (χ3n) is 8.06. The van der Waals surface area contributed by atoms with Crippen molar-refractivity contribution in [2.75, 3.05) is 68.8 Å². The largest absolute Gasteiger partial charge is 0.495 e. The minimum absolute atomic E-state index is 0.0182. The van der Waals surface area contributed by atoms with E-state index in [1.807, 2.05) is 13.0 Å². The molecule has 0 aliphatic carbocycles. The zero-order chi connectivity index (χ0) is 26.7. The average molecular weight is 544 g/mol. The summed E-state index contributed by atoms with van der Waals surface area (Å²) in [6, 6.07) is 8.25. The molecule has 0 unspecified atom stereocenters. The van der Waals surface area contributed by atoms with Crippen LogP contribution in [0.2, 0.25) is 0 Å². The highest BCUT2D eigenvalue weighted by molar-refractivity contribution is 7.89. The van der Waals surface area contributed by atoms with Crippen molar-refractivity contribution in [1.29, 1.82) is 0 Å². The molecule has 12 heteroatoms. The molecule has 0 saturated carbocycles. The van der Waals surface area contributed by atoms with Gasteiger partial charge in [-0.05, 0) is 50.1 Å². The molecule has 2 aromatic rings. The monoisotopic (exact) mass is 543 g/mol. The lowest BCUT2D eigenvalue weighted by atomic mass is 9.80. The van der Waals surface area contributed by atoms with Crippen molar-refractivity contribution in [1.82, 2.24) is 9.29 Å². The van der Waals surface area contributed by atoms with Gasteiger partial charge in [0.15, 0.2) is 5.82 Å². The summed E-state index contributed by atoms with van der Waals surface area (Å²) in [7, 11) is -0.344. The maximum atomic E-state index is 13.3. The van der Waals surface area contributed by atoms with E-state index >= 15 is 0 Å². The number of fused-ring (bicyclic) bond motifs is 1. The van der Waals surface area contributed by atoms with E-state index in [9.17, 15) is 13.2 Å². The Hall–Kier alpha value is -2.93. The summed E-state index contributed by atoms with van der Waals surface area (Å²) in [6.45, 7) is 5.38. The minimum atomic E-state index is -3.65. The Kier molecular flexibility index (Phi) is 6.25. The second-order valence-electron chi connectivity index (χ2n) is 10.6. The molecule has 0 radical (unpaired) electrons. The van der Waals surface area contributed by atoms with Crippen molar-refractivity contribution in [3.63, 3.8) is 0 Å². The number of hydrogen-bond acceptors (Lipinski definition) is 9. The van der Waals surface area contributed by atoms with Crippen LogP contribution in [0.15, 0.2) is 35.2 Å². The second-order valence-corrected chi connectivity index (χ2v) is 12.6. The third kappa shape index (κ3) is 4.10. The summed E-state index contributed by atoms with van der Waals surface area (Å²) in [5, 5.41) is 3.27. The van der Waals surface area contributed by atoms with Gasteiger partial charge < -0.3 is 29.3 Å². The summed E-state index contributed by atoms with van der Waals surface area (Å²) >= 11 is 0. The van der Waals surface area contributed by atoms with Crippen LogP contribution in [0.3, 0.4) is 0 Å². The van der Waals surface area contributed by atoms with Crippen LogP contribution >= 0.6 is 0 Å². The number of carbonyl (C=O) groups excluding carboxylic acids is 1. The first kappa shape index (κ1) is 25.4. The molecule has 1 amide bonds. The number of aromatic nitrogens is 1. The number of benzene rings is 1. The minimum Gasteiger partial charge on any atom is -0.495 e. The Bertz CT molecular complexity index is 1350. The van der Waals surface area contributed by atoms with Crippen molar-refractivity contribution in [3.05, 3.63) is 30.3 Å². The number of anilines is 4. The highest BCUT2D eigenvalue weighted by atomic mass is 32.2. The van der Waals surface area contributed by atoms with Crippen LogP contribution in [0.5, 0.6) is 5.75 Å². The van der Waals surface area contributed by atoms with E-state index in [1.54, 1.807) is 43.3 Å². The molecular weight excluding hydrogens is 510 g/mol. The van der Waals surface area contributed by atoms with Gasteiger partial charge in [-0.15, -0.1) is 0 Å². The Labute approximate surface area is 222 Å². The summed E-state index contributed by atoms with van der Waals surface area (Å²) in [5.41, 5.74) is 1.21. The van der Waals surface area contributed by atoms with Gasteiger partial charge in [0.05, 0.1) is 36.6 Å². The number of ether oxygens (including phenoxy) is 3. The van der Waals surface area contributed by atoms with Gasteiger partial charge in [0.2, 0.25) is 15.9 Å². The summed E-state index contributed by atoms with van der Waals surface area (Å²) in [5.74, 6) is 1.76. The van der Waals surface area contributed by atoms with Crippen LogP contribution in [0, 0.1) is 5.41 Å². The fourth-order valence-corrected chi connectivity index (χ4v) is 7.49. The highest BCUT2D eigenvalue weighted by Gasteiger charge is 2.53. The number of likely N-dealkylation sites (N-methyl/N-ethyl adjacent to an activating group) is 1. The predicted molar refractivity (Wildman–Crippen MR) is 142 cm³/mol. The van der Waals surface area contributed by atoms with Crippen molar-refractivity contribution < 1.29 is 27.4 Å². The van der Waals surface area contributed by atoms with Gasteiger partial charge in [0.25, 0.3) is 0 Å². The van der Waals surface area contributed by atoms with Gasteiger partial charge in [-0.1, -0.05) is 0 Å². The highest BCUT2D eigenvalue weighted by Crippen LogP contribution is 2.42. The molecule has 4 aliphatic heterocycles. The normalized spacial score (nSPS) is 23.6. The van der Waals surface area contributed by atoms with Gasteiger partial charge in [-0.2, -0.15) is 4.31 Å². The van der Waals surface area contributed by atoms with E-state index in [0.29, 0.717) is 62.6 Å². The summed E-state index contributed by atoms with van der Waals surface area (Å²) < 4.78 is 44.5. The van der Waals surface area contributed by atoms with Gasteiger partial charge in [-0.3, -0.25) is 4.79 Å². The molecule has 6 rings (SSSR count). The number of carbonyl (C=O) groups is 1. The number of methoxy groups -OCH3 is 1. The molecule has 0 bridgehead atoms. The molecule has 1 aromatic carbocycles. The molecule has 5 heterocycles. The maximum Gasteiger partial charge on any atom is 0.249 e. The van der Waals surface area contributed by atoms with E-state index in [4.69, 9.17) is 19.2 Å². The van der Waals surface area contributed by atoms with E-state index in [1.165, 1.54) is 4.31 Å². The first-order valence-corrected chi connectivity index (χ1v) is 14.3. The van der Waals surface area contributed by atoms with E-state index in [2.05, 4.69) is 10.2 Å². The van der Waals surface area contributed by atoms with E-state index in [-0.39, 0.29) is 28.3 Å². The van der Waals surface area contributed by atoms with E-state index in [0.717, 1.165) is 18.5 Å². The Morgan fingerprint density at radius 1 is 1.11 bits per heavy atom. The number of amides is 1. The topological polar surface area (TPSA) is 114 Å². The SMILES string of the molecule is COc1ccc(S(=O)(=O)N2CC3(COC3)C2)cc1Nc1ccc2c(n1)N(C1CCOCC1)[C@H](C)C(=O)N2C. The first-order valence-electron chi connectivity index (χ1n) is 12.9. The van der Waals surface area contributed by atoms with Gasteiger partial charge in [0.1, 0.15) is 17.6 Å². The standard InChI is InChI=1S/C26H33N5O6S/c1-17-25(32)29(2)21-5-7-23(28-24(21)31(17)18-8-10-36-11-9-18)27-20-12-19(4-6-22(20)35-3)38(33,34)30-13-26(14-30)15-37-16-26/h4-7,12,17-18H,8-11,13-16H2,1-3H3,(H,27,28)/t17-/m1/s1. The van der Waals surface area contributed by atoms with Crippen LogP contribution in [0.1, 0.15) is 19.8 Å². The third-order valence-corrected chi connectivity index (χ3v) is 9.85. The molecule has 38 heavy (non-hydrogen) atoms. The smallest absolute Gasteiger partial charge is 0.249 e. The van der Waals surface area contributed by atoms with Crippen molar-refractivity contribution in [2.45, 2.75) is 36.7 Å². The van der Waals surface area contributed by atoms with Gasteiger partial charge >= 0.3 is 0 Å². The lowest BCUT2D eigenvalue weighted by molar-refractivity contribution is -0.166. The number of hydrogen-bond donors (Lipinski definition) is 1. The first-order chi connectivity index (χ1) is 18.2. The quantitative estimate of drug-likeness (QED) is 0.586. The van der Waals surface area contributed by atoms with Gasteiger partial charge in [-0.25, -0.2) is 13.4 Å². The predicted octanol–water partition coefficient (Wildman–Crippen LogP) is 2.21. The molecule has 3 saturated heterocycles. The fourth-order valence-electron chi connectivity index (χ4n) is 5.79. The molecule has 1 spiro atoms. The van der Waals surface area contributed by atoms with Crippen LogP contribution < -0.4 is 19.9 Å². The van der Waals surface area contributed by atoms with Crippen molar-refractivity contribution in [3.8, 4) is 5.75 Å². The molecule has 11 nitrogen and oxygen atoms in total. The van der Waals surface area contributed by atoms with Crippen LogP contribution in [-0.4, -0.2) is 89.4 Å². The molecule has 4 aliphatic rings. The van der Waals surface area contributed by atoms with Crippen molar-refractivity contribution >= 4 is 38.9 Å². The van der Waals surface area contributed by atoms with Crippen molar-refractivity contribution in [2.24, 2.45) is 5.41 Å². The van der Waals surface area contributed by atoms with Crippen LogP contribution in [0.4, 0.5) is 23.0 Å².